The second kappa shape index (κ2) is 4.13. The lowest BCUT2D eigenvalue weighted by atomic mass is 10.1. The number of nitrogens with zero attached hydrogens (tertiary/aromatic N) is 1. The van der Waals surface area contributed by atoms with Crippen molar-refractivity contribution >= 4 is 5.69 Å². The highest BCUT2D eigenvalue weighted by molar-refractivity contribution is 5.43. The van der Waals surface area contributed by atoms with Crippen molar-refractivity contribution in [2.45, 2.75) is 13.0 Å². The Labute approximate surface area is 81.3 Å². The van der Waals surface area contributed by atoms with Gasteiger partial charge in [-0.1, -0.05) is 0 Å². The van der Waals surface area contributed by atoms with Crippen molar-refractivity contribution in [2.75, 3.05) is 0 Å². The molecule has 15 heavy (non-hydrogen) atoms. The largest absolute Gasteiger partial charge is 0.392 e. The highest BCUT2D eigenvalue weighted by Crippen LogP contribution is 2.28. The first-order valence-electron chi connectivity index (χ1n) is 3.77. The lowest BCUT2D eigenvalue weighted by molar-refractivity contribution is -0.387. The van der Waals surface area contributed by atoms with Crippen LogP contribution in [0.15, 0.2) is 11.0 Å². The molecule has 0 fully saturated rings. The fourth-order valence-electron chi connectivity index (χ4n) is 1.13. The third-order valence-corrected chi connectivity index (χ3v) is 1.76. The van der Waals surface area contributed by atoms with Crippen LogP contribution in [0.1, 0.15) is 17.6 Å². The maximum atomic E-state index is 12.4. The fourth-order valence-corrected chi connectivity index (χ4v) is 1.13. The second-order valence-corrected chi connectivity index (χ2v) is 2.62. The van der Waals surface area contributed by atoms with Crippen molar-refractivity contribution in [3.8, 4) is 0 Å². The molecule has 1 aromatic heterocycles. The van der Waals surface area contributed by atoms with Gasteiger partial charge in [-0.15, -0.1) is 0 Å². The van der Waals surface area contributed by atoms with Gasteiger partial charge in [0, 0.05) is 11.8 Å². The van der Waals surface area contributed by atoms with Gasteiger partial charge in [0.05, 0.1) is 11.5 Å². The molecular weight excluding hydrogens is 214 g/mol. The minimum atomic E-state index is -3.19. The Kier molecular flexibility index (Phi) is 3.10. The number of aromatic amines is 1. The summed E-state index contributed by atoms with van der Waals surface area (Å²) in [5, 5.41) is 19.1. The van der Waals surface area contributed by atoms with E-state index in [0.717, 1.165) is 6.20 Å². The smallest absolute Gasteiger partial charge is 0.343 e. The number of aromatic nitrogens is 1. The van der Waals surface area contributed by atoms with E-state index >= 15 is 0 Å². The number of alkyl halides is 2. The molecule has 2 N–H and O–H groups in total. The Bertz CT molecular complexity index is 443. The molecule has 6 nitrogen and oxygen atoms in total. The van der Waals surface area contributed by atoms with Crippen LogP contribution in [0.25, 0.3) is 0 Å². The monoisotopic (exact) mass is 220 g/mol. The van der Waals surface area contributed by atoms with Gasteiger partial charge in [-0.05, 0) is 0 Å². The summed E-state index contributed by atoms with van der Waals surface area (Å²) in [6.45, 7) is -0.808. The summed E-state index contributed by atoms with van der Waals surface area (Å²) in [5.41, 5.74) is -3.84. The van der Waals surface area contributed by atoms with Gasteiger partial charge < -0.3 is 10.1 Å². The molecule has 0 spiro atoms. The molecule has 0 saturated carbocycles. The minimum Gasteiger partial charge on any atom is -0.392 e. The van der Waals surface area contributed by atoms with Gasteiger partial charge in [0.1, 0.15) is 5.56 Å². The molecule has 0 aromatic carbocycles. The number of halogens is 2. The van der Waals surface area contributed by atoms with Crippen LogP contribution in [0.3, 0.4) is 0 Å². The van der Waals surface area contributed by atoms with Gasteiger partial charge in [0.2, 0.25) is 0 Å². The van der Waals surface area contributed by atoms with Crippen LogP contribution in [0.5, 0.6) is 0 Å². The van der Waals surface area contributed by atoms with Crippen LogP contribution in [-0.2, 0) is 6.61 Å². The van der Waals surface area contributed by atoms with Gasteiger partial charge in [-0.3, -0.25) is 14.9 Å². The van der Waals surface area contributed by atoms with E-state index in [0.29, 0.717) is 0 Å². The first-order chi connectivity index (χ1) is 6.99. The molecule has 1 heterocycles. The Morgan fingerprint density at radius 1 is 1.60 bits per heavy atom. The molecule has 82 valence electrons. The number of pyridine rings is 1. The van der Waals surface area contributed by atoms with Crippen LogP contribution in [0.2, 0.25) is 0 Å². The lowest BCUT2D eigenvalue weighted by Crippen LogP contribution is -2.16. The van der Waals surface area contributed by atoms with Crippen molar-refractivity contribution in [3.05, 3.63) is 37.8 Å². The van der Waals surface area contributed by atoms with Crippen LogP contribution >= 0.6 is 0 Å². The molecule has 0 saturated heterocycles. The third-order valence-electron chi connectivity index (χ3n) is 1.76. The summed E-state index contributed by atoms with van der Waals surface area (Å²) < 4.78 is 24.9. The highest BCUT2D eigenvalue weighted by Gasteiger charge is 2.28. The van der Waals surface area contributed by atoms with E-state index in [9.17, 15) is 23.7 Å². The summed E-state index contributed by atoms with van der Waals surface area (Å²) in [5.74, 6) is 0. The normalized spacial score (nSPS) is 10.7. The number of aliphatic hydroxyl groups excluding tert-OH is 1. The average Bonchev–Trinajstić information content (AvgIpc) is 2.16. The SMILES string of the molecule is O=c1[nH]cc(CO)c(C(F)F)c1[N+](=O)[O-]. The van der Waals surface area contributed by atoms with Crippen LogP contribution in [-0.4, -0.2) is 15.0 Å². The number of rotatable bonds is 3. The number of hydrogen-bond donors (Lipinski definition) is 2. The predicted octanol–water partition coefficient (Wildman–Crippen LogP) is 0.713. The number of H-pyrrole nitrogens is 1. The zero-order chi connectivity index (χ0) is 11.6. The van der Waals surface area contributed by atoms with E-state index in [-0.39, 0.29) is 5.56 Å². The maximum Gasteiger partial charge on any atom is 0.343 e. The number of hydrogen-bond acceptors (Lipinski definition) is 4. The third kappa shape index (κ3) is 1.99. The van der Waals surface area contributed by atoms with Gasteiger partial charge >= 0.3 is 11.2 Å². The van der Waals surface area contributed by atoms with Crippen LogP contribution in [0, 0.1) is 10.1 Å². The van der Waals surface area contributed by atoms with Crippen molar-refractivity contribution < 1.29 is 18.8 Å². The molecule has 0 aliphatic rings. The van der Waals surface area contributed by atoms with E-state index in [1.807, 2.05) is 4.98 Å². The minimum absolute atomic E-state index is 0.365. The average molecular weight is 220 g/mol. The molecule has 0 bridgehead atoms. The lowest BCUT2D eigenvalue weighted by Gasteiger charge is -2.05. The first kappa shape index (κ1) is 11.2. The Hall–Kier alpha value is -1.83. The van der Waals surface area contributed by atoms with E-state index in [2.05, 4.69) is 0 Å². The van der Waals surface area contributed by atoms with Gasteiger partial charge in [0.25, 0.3) is 6.43 Å². The summed E-state index contributed by atoms with van der Waals surface area (Å²) in [6.07, 6.45) is -2.36. The van der Waals surface area contributed by atoms with E-state index in [4.69, 9.17) is 5.11 Å². The zero-order valence-corrected chi connectivity index (χ0v) is 7.24. The van der Waals surface area contributed by atoms with Gasteiger partial charge in [-0.2, -0.15) is 0 Å². The topological polar surface area (TPSA) is 96.2 Å². The molecule has 0 aliphatic heterocycles. The van der Waals surface area contributed by atoms with E-state index in [1.165, 1.54) is 0 Å². The number of nitrogens with one attached hydrogen (secondary N) is 1. The molecule has 0 radical (unpaired) electrons. The van der Waals surface area contributed by atoms with Gasteiger partial charge in [-0.25, -0.2) is 8.78 Å². The summed E-state index contributed by atoms with van der Waals surface area (Å²) in [4.78, 5) is 22.0. The molecule has 0 amide bonds. The van der Waals surface area contributed by atoms with E-state index < -0.39 is 34.8 Å². The van der Waals surface area contributed by atoms with Crippen molar-refractivity contribution in [1.29, 1.82) is 0 Å². The van der Waals surface area contributed by atoms with E-state index in [1.54, 1.807) is 0 Å². The van der Waals surface area contributed by atoms with Crippen molar-refractivity contribution in [3.63, 3.8) is 0 Å². The standard InChI is InChI=1S/C7H6F2N2O4/c8-6(9)4-3(2-12)1-10-7(13)5(4)11(14)15/h1,6,12H,2H2,(H,10,13). The fraction of sp³-hybridized carbons (Fsp3) is 0.286. The predicted molar refractivity (Wildman–Crippen MR) is 44.6 cm³/mol. The quantitative estimate of drug-likeness (QED) is 0.579. The Balaban J connectivity index is 3.58. The summed E-state index contributed by atoms with van der Waals surface area (Å²) in [6, 6.07) is 0. The molecular formula is C7H6F2N2O4. The number of aliphatic hydroxyl groups is 1. The first-order valence-corrected chi connectivity index (χ1v) is 3.77. The molecule has 0 aliphatic carbocycles. The van der Waals surface area contributed by atoms with Crippen molar-refractivity contribution in [1.82, 2.24) is 4.98 Å². The molecule has 1 rings (SSSR count). The zero-order valence-electron chi connectivity index (χ0n) is 7.24. The van der Waals surface area contributed by atoms with Crippen molar-refractivity contribution in [2.24, 2.45) is 0 Å². The summed E-state index contributed by atoms with van der Waals surface area (Å²) in [7, 11) is 0. The van der Waals surface area contributed by atoms with Crippen LogP contribution < -0.4 is 5.56 Å². The maximum absolute atomic E-state index is 12.4. The summed E-state index contributed by atoms with van der Waals surface area (Å²) >= 11 is 0. The molecule has 1 aromatic rings. The van der Waals surface area contributed by atoms with Crippen LogP contribution in [0.4, 0.5) is 14.5 Å². The molecule has 8 heteroatoms. The van der Waals surface area contributed by atoms with Gasteiger partial charge in [0.15, 0.2) is 0 Å². The molecule has 0 unspecified atom stereocenters. The highest BCUT2D eigenvalue weighted by atomic mass is 19.3. The molecule has 0 atom stereocenters. The Morgan fingerprint density at radius 2 is 2.20 bits per heavy atom. The second-order valence-electron chi connectivity index (χ2n) is 2.62. The number of nitro groups is 1. The Morgan fingerprint density at radius 3 is 2.60 bits per heavy atom.